The van der Waals surface area contributed by atoms with Crippen LogP contribution < -0.4 is 0 Å². The van der Waals surface area contributed by atoms with Gasteiger partial charge in [0.25, 0.3) is 0 Å². The van der Waals surface area contributed by atoms with Crippen molar-refractivity contribution < 1.29 is 9.90 Å². The maximum atomic E-state index is 10.7. The summed E-state index contributed by atoms with van der Waals surface area (Å²) in [5, 5.41) is 8.89. The predicted octanol–water partition coefficient (Wildman–Crippen LogP) is 2.50. The van der Waals surface area contributed by atoms with Gasteiger partial charge in [0.1, 0.15) is 4.60 Å². The van der Waals surface area contributed by atoms with Gasteiger partial charge in [-0.1, -0.05) is 11.6 Å². The second kappa shape index (κ2) is 3.41. The molecule has 1 heterocycles. The van der Waals surface area contributed by atoms with Gasteiger partial charge in [-0.05, 0) is 28.4 Å². The van der Waals surface area contributed by atoms with E-state index in [1.165, 1.54) is 6.20 Å². The van der Waals surface area contributed by atoms with Crippen LogP contribution in [0.4, 0.5) is 0 Å². The lowest BCUT2D eigenvalue weighted by Crippen LogP contribution is -2.02. The van der Waals surface area contributed by atoms with Crippen LogP contribution in [0.25, 0.3) is 0 Å². The molecule has 5 heteroatoms. The molecule has 0 aliphatic rings. The van der Waals surface area contributed by atoms with Crippen molar-refractivity contribution >= 4 is 33.5 Å². The highest BCUT2D eigenvalue weighted by Gasteiger charge is 2.14. The minimum Gasteiger partial charge on any atom is -0.478 e. The monoisotopic (exact) mass is 249 g/mol. The van der Waals surface area contributed by atoms with E-state index >= 15 is 0 Å². The third-order valence-electron chi connectivity index (χ3n) is 1.43. The van der Waals surface area contributed by atoms with Crippen molar-refractivity contribution in [2.75, 3.05) is 0 Å². The first-order valence-electron chi connectivity index (χ1n) is 3.08. The van der Waals surface area contributed by atoms with Crippen molar-refractivity contribution in [1.29, 1.82) is 0 Å². The number of carboxylic acid groups (broad SMARTS) is 1. The van der Waals surface area contributed by atoms with Crippen LogP contribution in [0.5, 0.6) is 0 Å². The highest BCUT2D eigenvalue weighted by atomic mass is 79.9. The third-order valence-corrected chi connectivity index (χ3v) is 2.51. The Bertz CT molecular complexity index is 340. The Morgan fingerprint density at radius 1 is 1.75 bits per heavy atom. The first-order valence-corrected chi connectivity index (χ1v) is 4.25. The number of hydrogen-bond acceptors (Lipinski definition) is 2. The van der Waals surface area contributed by atoms with Crippen molar-refractivity contribution in [1.82, 2.24) is 4.98 Å². The van der Waals surface area contributed by atoms with Crippen LogP contribution in [-0.4, -0.2) is 16.1 Å². The molecule has 0 aliphatic heterocycles. The number of pyridine rings is 1. The molecular weight excluding hydrogens is 245 g/mol. The molecule has 0 saturated carbocycles. The molecule has 1 rings (SSSR count). The summed E-state index contributed by atoms with van der Waals surface area (Å²) in [6.07, 6.45) is 1.31. The summed E-state index contributed by atoms with van der Waals surface area (Å²) < 4.78 is 0.504. The van der Waals surface area contributed by atoms with Crippen molar-refractivity contribution in [2.24, 2.45) is 0 Å². The summed E-state index contributed by atoms with van der Waals surface area (Å²) >= 11 is 8.75. The Balaban J connectivity index is 3.43. The highest BCUT2D eigenvalue weighted by molar-refractivity contribution is 9.10. The number of nitrogens with zero attached hydrogens (tertiary/aromatic N) is 1. The molecule has 0 aromatic carbocycles. The van der Waals surface area contributed by atoms with E-state index in [1.54, 1.807) is 6.92 Å². The fourth-order valence-corrected chi connectivity index (χ4v) is 1.39. The van der Waals surface area contributed by atoms with Gasteiger partial charge in [0.05, 0.1) is 10.6 Å². The number of carbonyl (C=O) groups is 1. The minimum absolute atomic E-state index is 0.0959. The van der Waals surface area contributed by atoms with Gasteiger partial charge in [-0.2, -0.15) is 0 Å². The highest BCUT2D eigenvalue weighted by Crippen LogP contribution is 2.23. The van der Waals surface area contributed by atoms with E-state index in [2.05, 4.69) is 20.9 Å². The standard InChI is InChI=1S/C7H5BrClNO2/c1-3-5(7(11)12)4(9)2-10-6(3)8/h2H,1H3,(H,11,12). The normalized spacial score (nSPS) is 9.92. The number of rotatable bonds is 1. The largest absolute Gasteiger partial charge is 0.478 e. The fraction of sp³-hybridized carbons (Fsp3) is 0.143. The second-order valence-electron chi connectivity index (χ2n) is 2.20. The smallest absolute Gasteiger partial charge is 0.337 e. The molecule has 0 aliphatic carbocycles. The number of halogens is 2. The maximum Gasteiger partial charge on any atom is 0.337 e. The lowest BCUT2D eigenvalue weighted by atomic mass is 10.2. The SMILES string of the molecule is Cc1c(Br)ncc(Cl)c1C(=O)O. The molecule has 0 saturated heterocycles. The Morgan fingerprint density at radius 3 is 2.75 bits per heavy atom. The van der Waals surface area contributed by atoms with E-state index < -0.39 is 5.97 Å². The molecule has 64 valence electrons. The van der Waals surface area contributed by atoms with Crippen molar-refractivity contribution in [2.45, 2.75) is 6.92 Å². The summed E-state index contributed by atoms with van der Waals surface area (Å²) in [6, 6.07) is 0. The van der Waals surface area contributed by atoms with Crippen LogP contribution in [0.1, 0.15) is 15.9 Å². The summed E-state index contributed by atoms with van der Waals surface area (Å²) in [7, 11) is 0. The summed E-state index contributed by atoms with van der Waals surface area (Å²) in [5.74, 6) is -1.04. The van der Waals surface area contributed by atoms with Gasteiger partial charge < -0.3 is 5.11 Å². The van der Waals surface area contributed by atoms with Crippen molar-refractivity contribution in [3.05, 3.63) is 26.9 Å². The Morgan fingerprint density at radius 2 is 2.33 bits per heavy atom. The summed E-state index contributed by atoms with van der Waals surface area (Å²) in [6.45, 7) is 1.65. The van der Waals surface area contributed by atoms with Crippen molar-refractivity contribution in [3.63, 3.8) is 0 Å². The topological polar surface area (TPSA) is 50.2 Å². The van der Waals surface area contributed by atoms with Gasteiger partial charge in [-0.3, -0.25) is 0 Å². The quantitative estimate of drug-likeness (QED) is 0.779. The molecule has 3 nitrogen and oxygen atoms in total. The van der Waals surface area contributed by atoms with Gasteiger partial charge in [0.15, 0.2) is 0 Å². The second-order valence-corrected chi connectivity index (χ2v) is 3.36. The van der Waals surface area contributed by atoms with Crippen LogP contribution in [0.2, 0.25) is 5.02 Å². The molecular formula is C7H5BrClNO2. The van der Waals surface area contributed by atoms with E-state index in [0.29, 0.717) is 10.2 Å². The molecule has 0 spiro atoms. The van der Waals surface area contributed by atoms with Gasteiger partial charge in [-0.15, -0.1) is 0 Å². The lowest BCUT2D eigenvalue weighted by molar-refractivity contribution is 0.0696. The number of aromatic nitrogens is 1. The molecule has 0 bridgehead atoms. The van der Waals surface area contributed by atoms with Crippen LogP contribution in [0.3, 0.4) is 0 Å². The average Bonchev–Trinajstić information content (AvgIpc) is 1.97. The molecule has 1 aromatic rings. The first-order chi connectivity index (χ1) is 5.54. The zero-order valence-electron chi connectivity index (χ0n) is 6.14. The minimum atomic E-state index is -1.04. The predicted molar refractivity (Wildman–Crippen MR) is 48.6 cm³/mol. The maximum absolute atomic E-state index is 10.7. The van der Waals surface area contributed by atoms with Gasteiger partial charge in [0.2, 0.25) is 0 Å². The van der Waals surface area contributed by atoms with Crippen LogP contribution in [0.15, 0.2) is 10.8 Å². The molecule has 12 heavy (non-hydrogen) atoms. The number of aromatic carboxylic acids is 1. The van der Waals surface area contributed by atoms with Gasteiger partial charge in [-0.25, -0.2) is 9.78 Å². The zero-order valence-corrected chi connectivity index (χ0v) is 8.48. The van der Waals surface area contributed by atoms with Crippen molar-refractivity contribution in [3.8, 4) is 0 Å². The fourth-order valence-electron chi connectivity index (χ4n) is 0.820. The zero-order chi connectivity index (χ0) is 9.30. The van der Waals surface area contributed by atoms with Crippen LogP contribution in [-0.2, 0) is 0 Å². The van der Waals surface area contributed by atoms with E-state index in [0.717, 1.165) is 0 Å². The molecule has 0 atom stereocenters. The number of carboxylic acids is 1. The van der Waals surface area contributed by atoms with E-state index in [4.69, 9.17) is 16.7 Å². The molecule has 0 amide bonds. The van der Waals surface area contributed by atoms with E-state index in [-0.39, 0.29) is 10.6 Å². The lowest BCUT2D eigenvalue weighted by Gasteiger charge is -2.03. The number of hydrogen-bond donors (Lipinski definition) is 1. The Kier molecular flexibility index (Phi) is 2.69. The Labute approximate surface area is 82.5 Å². The first kappa shape index (κ1) is 9.48. The van der Waals surface area contributed by atoms with E-state index in [9.17, 15) is 4.79 Å². The molecule has 0 fully saturated rings. The summed E-state index contributed by atoms with van der Waals surface area (Å²) in [5.41, 5.74) is 0.633. The van der Waals surface area contributed by atoms with Crippen LogP contribution >= 0.6 is 27.5 Å². The van der Waals surface area contributed by atoms with Gasteiger partial charge >= 0.3 is 5.97 Å². The Hall–Kier alpha value is -0.610. The third kappa shape index (κ3) is 1.59. The molecule has 0 unspecified atom stereocenters. The van der Waals surface area contributed by atoms with E-state index in [1.807, 2.05) is 0 Å². The average molecular weight is 250 g/mol. The van der Waals surface area contributed by atoms with Gasteiger partial charge in [0, 0.05) is 6.20 Å². The molecule has 1 aromatic heterocycles. The summed E-state index contributed by atoms with van der Waals surface area (Å²) in [4.78, 5) is 14.5. The van der Waals surface area contributed by atoms with Crippen LogP contribution in [0, 0.1) is 6.92 Å². The molecule has 0 radical (unpaired) electrons. The molecule has 1 N–H and O–H groups in total.